The van der Waals surface area contributed by atoms with Crippen molar-refractivity contribution in [2.75, 3.05) is 13.2 Å². The van der Waals surface area contributed by atoms with Crippen molar-refractivity contribution in [3.8, 4) is 0 Å². The van der Waals surface area contributed by atoms with Crippen LogP contribution in [0.4, 0.5) is 0 Å². The van der Waals surface area contributed by atoms with Crippen LogP contribution >= 0.6 is 0 Å². The van der Waals surface area contributed by atoms with E-state index in [2.05, 4.69) is 26.0 Å². The first-order valence-corrected chi connectivity index (χ1v) is 24.2. The SMILES string of the molecule is CCCCCCCC/C=C\CCCCCCCCCCCCCC(=O)OC[C@H](CO)OC(=O)CCCCCCCCCCCCCCCCCCCCC. The molecule has 0 aromatic heterocycles. The van der Waals surface area contributed by atoms with Crippen molar-refractivity contribution < 1.29 is 24.2 Å². The predicted octanol–water partition coefficient (Wildman–Crippen LogP) is 15.6. The number of unbranched alkanes of at least 4 members (excludes halogenated alkanes) is 35. The molecule has 5 heteroatoms. The molecule has 0 rings (SSSR count). The van der Waals surface area contributed by atoms with Crippen LogP contribution in [-0.2, 0) is 19.1 Å². The van der Waals surface area contributed by atoms with Gasteiger partial charge in [-0.05, 0) is 38.5 Å². The summed E-state index contributed by atoms with van der Waals surface area (Å²) in [6.45, 7) is 4.18. The summed E-state index contributed by atoms with van der Waals surface area (Å²) in [5, 5.41) is 9.61. The van der Waals surface area contributed by atoms with Crippen LogP contribution in [0.2, 0.25) is 0 Å². The molecule has 1 N–H and O–H groups in total. The minimum absolute atomic E-state index is 0.0593. The zero-order valence-corrected chi connectivity index (χ0v) is 36.5. The summed E-state index contributed by atoms with van der Waals surface area (Å²) in [5.74, 6) is -0.574. The number of hydrogen-bond acceptors (Lipinski definition) is 5. The molecule has 0 unspecified atom stereocenters. The summed E-state index contributed by atoms with van der Waals surface area (Å²) in [7, 11) is 0. The standard InChI is InChI=1S/C49H94O5/c1-3-5-7-9-11-13-15-17-19-21-23-24-26-27-29-31-33-35-37-39-41-43-48(51)53-46-47(45-50)54-49(52)44-42-40-38-36-34-32-30-28-25-22-20-18-16-14-12-10-8-6-4-2/h17,19,47,50H,3-16,18,20-46H2,1-2H3/b19-17-/t47-/m0/s1. The number of aliphatic hydroxyl groups excluding tert-OH is 1. The monoisotopic (exact) mass is 763 g/mol. The van der Waals surface area contributed by atoms with Gasteiger partial charge >= 0.3 is 11.9 Å². The highest BCUT2D eigenvalue weighted by atomic mass is 16.6. The van der Waals surface area contributed by atoms with Gasteiger partial charge in [0, 0.05) is 12.8 Å². The van der Waals surface area contributed by atoms with Gasteiger partial charge in [0.2, 0.25) is 0 Å². The highest BCUT2D eigenvalue weighted by Gasteiger charge is 2.16. The Kier molecular flexibility index (Phi) is 44.9. The molecule has 54 heavy (non-hydrogen) atoms. The fourth-order valence-electron chi connectivity index (χ4n) is 7.38. The Balaban J connectivity index is 3.46. The summed E-state index contributed by atoms with van der Waals surface area (Å²) in [6, 6.07) is 0. The average molecular weight is 763 g/mol. The van der Waals surface area contributed by atoms with E-state index in [1.807, 2.05) is 0 Å². The number of hydrogen-bond donors (Lipinski definition) is 1. The first-order valence-electron chi connectivity index (χ1n) is 24.2. The fourth-order valence-corrected chi connectivity index (χ4v) is 7.38. The molecule has 0 heterocycles. The molecule has 0 aliphatic carbocycles. The molecule has 0 amide bonds. The van der Waals surface area contributed by atoms with E-state index in [1.165, 1.54) is 205 Å². The predicted molar refractivity (Wildman–Crippen MR) is 233 cm³/mol. The van der Waals surface area contributed by atoms with Crippen LogP contribution in [-0.4, -0.2) is 36.4 Å². The van der Waals surface area contributed by atoms with Gasteiger partial charge < -0.3 is 14.6 Å². The molecule has 0 bridgehead atoms. The van der Waals surface area contributed by atoms with Crippen LogP contribution in [0.25, 0.3) is 0 Å². The Morgan fingerprint density at radius 1 is 0.407 bits per heavy atom. The first kappa shape index (κ1) is 52.6. The van der Waals surface area contributed by atoms with Crippen molar-refractivity contribution in [2.24, 2.45) is 0 Å². The van der Waals surface area contributed by atoms with Gasteiger partial charge in [0.05, 0.1) is 6.61 Å². The Morgan fingerprint density at radius 2 is 0.685 bits per heavy atom. The average Bonchev–Trinajstić information content (AvgIpc) is 3.17. The van der Waals surface area contributed by atoms with E-state index < -0.39 is 6.10 Å². The molecule has 5 nitrogen and oxygen atoms in total. The number of ether oxygens (including phenoxy) is 2. The van der Waals surface area contributed by atoms with Crippen LogP contribution in [0.3, 0.4) is 0 Å². The lowest BCUT2D eigenvalue weighted by Gasteiger charge is -2.15. The lowest BCUT2D eigenvalue weighted by molar-refractivity contribution is -0.161. The number of carbonyl (C=O) groups is 2. The van der Waals surface area contributed by atoms with E-state index in [0.717, 1.165) is 38.5 Å². The molecule has 0 saturated carbocycles. The third kappa shape index (κ3) is 43.4. The molecule has 0 aromatic carbocycles. The molecule has 0 radical (unpaired) electrons. The lowest BCUT2D eigenvalue weighted by Crippen LogP contribution is -2.28. The van der Waals surface area contributed by atoms with Crippen molar-refractivity contribution in [2.45, 2.75) is 277 Å². The molecule has 0 saturated heterocycles. The molecule has 0 aliphatic heterocycles. The van der Waals surface area contributed by atoms with E-state index in [1.54, 1.807) is 0 Å². The molecular formula is C49H94O5. The first-order chi connectivity index (χ1) is 26.6. The van der Waals surface area contributed by atoms with Crippen LogP contribution < -0.4 is 0 Å². The second-order valence-corrected chi connectivity index (χ2v) is 16.5. The zero-order valence-electron chi connectivity index (χ0n) is 36.5. The Labute approximate surface area is 337 Å². The number of esters is 2. The number of aliphatic hydroxyl groups is 1. The van der Waals surface area contributed by atoms with Gasteiger partial charge in [-0.15, -0.1) is 0 Å². The van der Waals surface area contributed by atoms with Crippen molar-refractivity contribution in [3.63, 3.8) is 0 Å². The highest BCUT2D eigenvalue weighted by molar-refractivity contribution is 5.70. The largest absolute Gasteiger partial charge is 0.462 e. The van der Waals surface area contributed by atoms with Crippen molar-refractivity contribution in [3.05, 3.63) is 12.2 Å². The maximum atomic E-state index is 12.2. The zero-order chi connectivity index (χ0) is 39.3. The van der Waals surface area contributed by atoms with E-state index in [-0.39, 0.29) is 25.2 Å². The van der Waals surface area contributed by atoms with E-state index in [0.29, 0.717) is 12.8 Å². The number of carbonyl (C=O) groups excluding carboxylic acids is 2. The molecule has 0 aromatic rings. The van der Waals surface area contributed by atoms with Crippen LogP contribution in [0.15, 0.2) is 12.2 Å². The minimum Gasteiger partial charge on any atom is -0.462 e. The topological polar surface area (TPSA) is 72.8 Å². The van der Waals surface area contributed by atoms with Crippen molar-refractivity contribution in [1.82, 2.24) is 0 Å². The van der Waals surface area contributed by atoms with E-state index >= 15 is 0 Å². The maximum Gasteiger partial charge on any atom is 0.306 e. The Morgan fingerprint density at radius 3 is 1.00 bits per heavy atom. The van der Waals surface area contributed by atoms with Crippen LogP contribution in [0.5, 0.6) is 0 Å². The lowest BCUT2D eigenvalue weighted by atomic mass is 10.0. The molecular weight excluding hydrogens is 669 g/mol. The smallest absolute Gasteiger partial charge is 0.306 e. The molecule has 0 spiro atoms. The molecule has 0 fully saturated rings. The Bertz CT molecular complexity index is 780. The molecule has 320 valence electrons. The number of allylic oxidation sites excluding steroid dienone is 2. The maximum absolute atomic E-state index is 12.2. The van der Waals surface area contributed by atoms with E-state index in [4.69, 9.17) is 9.47 Å². The quantitative estimate of drug-likeness (QED) is 0.0380. The highest BCUT2D eigenvalue weighted by Crippen LogP contribution is 2.16. The normalized spacial score (nSPS) is 12.1. The van der Waals surface area contributed by atoms with Crippen molar-refractivity contribution >= 4 is 11.9 Å². The van der Waals surface area contributed by atoms with Gasteiger partial charge in [-0.2, -0.15) is 0 Å². The van der Waals surface area contributed by atoms with Gasteiger partial charge in [0.15, 0.2) is 6.10 Å². The summed E-state index contributed by atoms with van der Waals surface area (Å²) in [6.07, 6.45) is 54.4. The van der Waals surface area contributed by atoms with Crippen LogP contribution in [0.1, 0.15) is 271 Å². The second-order valence-electron chi connectivity index (χ2n) is 16.5. The summed E-state index contributed by atoms with van der Waals surface area (Å²) in [5.41, 5.74) is 0. The summed E-state index contributed by atoms with van der Waals surface area (Å²) < 4.78 is 10.7. The van der Waals surface area contributed by atoms with Gasteiger partial charge in [-0.3, -0.25) is 9.59 Å². The summed E-state index contributed by atoms with van der Waals surface area (Å²) in [4.78, 5) is 24.4. The van der Waals surface area contributed by atoms with Gasteiger partial charge in [-0.25, -0.2) is 0 Å². The van der Waals surface area contributed by atoms with E-state index in [9.17, 15) is 14.7 Å². The molecule has 0 aliphatic rings. The fraction of sp³-hybridized carbons (Fsp3) is 0.918. The van der Waals surface area contributed by atoms with Gasteiger partial charge in [-0.1, -0.05) is 231 Å². The minimum atomic E-state index is -0.765. The third-order valence-electron chi connectivity index (χ3n) is 11.1. The Hall–Kier alpha value is -1.36. The third-order valence-corrected chi connectivity index (χ3v) is 11.1. The molecule has 1 atom stereocenters. The number of rotatable bonds is 45. The van der Waals surface area contributed by atoms with Gasteiger partial charge in [0.1, 0.15) is 6.61 Å². The second kappa shape index (κ2) is 46.0. The summed E-state index contributed by atoms with van der Waals surface area (Å²) >= 11 is 0. The van der Waals surface area contributed by atoms with Crippen LogP contribution in [0, 0.1) is 0 Å². The van der Waals surface area contributed by atoms with Crippen molar-refractivity contribution in [1.29, 1.82) is 0 Å². The van der Waals surface area contributed by atoms with Gasteiger partial charge in [0.25, 0.3) is 0 Å².